The third-order valence-electron chi connectivity index (χ3n) is 6.29. The van der Waals surface area contributed by atoms with E-state index < -0.39 is 6.10 Å². The Kier molecular flexibility index (Phi) is 9.04. The van der Waals surface area contributed by atoms with E-state index in [4.69, 9.17) is 0 Å². The molecule has 0 aliphatic heterocycles. The third-order valence-corrected chi connectivity index (χ3v) is 6.29. The van der Waals surface area contributed by atoms with Gasteiger partial charge in [0.05, 0.1) is 19.3 Å². The highest BCUT2D eigenvalue weighted by atomic mass is 16.5. The van der Waals surface area contributed by atoms with Gasteiger partial charge in [0, 0.05) is 12.3 Å². The maximum absolute atomic E-state index is 11.2. The Hall–Kier alpha value is -1.13. The Morgan fingerprint density at radius 2 is 2.19 bits per heavy atom. The van der Waals surface area contributed by atoms with Gasteiger partial charge in [0.15, 0.2) is 0 Å². The fourth-order valence-corrected chi connectivity index (χ4v) is 4.87. The van der Waals surface area contributed by atoms with Crippen molar-refractivity contribution in [2.45, 2.75) is 83.8 Å². The van der Waals surface area contributed by atoms with Gasteiger partial charge in [-0.25, -0.2) is 0 Å². The molecule has 2 rings (SSSR count). The Balaban J connectivity index is 1.79. The third kappa shape index (κ3) is 6.76. The molecule has 0 radical (unpaired) electrons. The number of carbonyl (C=O) groups is 1. The molecule has 0 heterocycles. The van der Waals surface area contributed by atoms with E-state index in [1.165, 1.54) is 12.7 Å². The molecule has 1 saturated carbocycles. The average molecular weight is 379 g/mol. The molecule has 2 aliphatic carbocycles. The van der Waals surface area contributed by atoms with E-state index in [1.54, 1.807) is 0 Å². The number of allylic oxidation sites excluding steroid dienone is 2. The van der Waals surface area contributed by atoms with Crippen LogP contribution in [0.5, 0.6) is 0 Å². The van der Waals surface area contributed by atoms with Crippen LogP contribution in [0.2, 0.25) is 0 Å². The molecule has 2 N–H and O–H groups in total. The summed E-state index contributed by atoms with van der Waals surface area (Å²) in [6.45, 7) is 4.36. The first-order chi connectivity index (χ1) is 12.9. The molecule has 1 fully saturated rings. The highest BCUT2D eigenvalue weighted by molar-refractivity contribution is 5.68. The second-order valence-electron chi connectivity index (χ2n) is 8.60. The molecule has 27 heavy (non-hydrogen) atoms. The maximum atomic E-state index is 11.2. The molecule has 0 saturated heterocycles. The second-order valence-corrected chi connectivity index (χ2v) is 8.60. The number of unbranched alkanes of at least 4 members (excludes halogenated alkanes) is 1. The summed E-state index contributed by atoms with van der Waals surface area (Å²) in [5, 5.41) is 20.7. The normalized spacial score (nSPS) is 29.6. The van der Waals surface area contributed by atoms with E-state index in [-0.39, 0.29) is 18.0 Å². The lowest BCUT2D eigenvalue weighted by Crippen LogP contribution is -2.18. The van der Waals surface area contributed by atoms with Gasteiger partial charge in [-0.05, 0) is 56.3 Å². The lowest BCUT2D eigenvalue weighted by Gasteiger charge is -2.19. The number of carbonyl (C=O) groups excluding carboxylic acids is 1. The van der Waals surface area contributed by atoms with Crippen molar-refractivity contribution < 1.29 is 19.7 Å². The molecule has 0 aromatic rings. The van der Waals surface area contributed by atoms with Crippen LogP contribution in [0.15, 0.2) is 23.8 Å². The van der Waals surface area contributed by atoms with Gasteiger partial charge in [0.1, 0.15) is 0 Å². The lowest BCUT2D eigenvalue weighted by atomic mass is 9.88. The Morgan fingerprint density at radius 1 is 1.41 bits per heavy atom. The van der Waals surface area contributed by atoms with Crippen LogP contribution in [-0.4, -0.2) is 35.5 Å². The van der Waals surface area contributed by atoms with E-state index in [2.05, 4.69) is 30.7 Å². The van der Waals surface area contributed by atoms with Crippen LogP contribution in [0.25, 0.3) is 0 Å². The molecule has 4 nitrogen and oxygen atoms in total. The Labute approximate surface area is 164 Å². The molecule has 0 aromatic heterocycles. The molecule has 0 spiro atoms. The summed E-state index contributed by atoms with van der Waals surface area (Å²) in [4.78, 5) is 11.2. The van der Waals surface area contributed by atoms with Gasteiger partial charge < -0.3 is 14.9 Å². The molecule has 0 aromatic carbocycles. The van der Waals surface area contributed by atoms with E-state index in [0.717, 1.165) is 51.4 Å². The number of hydrogen-bond donors (Lipinski definition) is 2. The van der Waals surface area contributed by atoms with Crippen molar-refractivity contribution in [3.8, 4) is 0 Å². The van der Waals surface area contributed by atoms with Gasteiger partial charge in [-0.3, -0.25) is 4.79 Å². The molecule has 0 amide bonds. The zero-order valence-electron chi connectivity index (χ0n) is 17.3. The van der Waals surface area contributed by atoms with Crippen LogP contribution in [0, 0.1) is 23.7 Å². The van der Waals surface area contributed by atoms with Crippen molar-refractivity contribution in [2.75, 3.05) is 7.11 Å². The first-order valence-electron chi connectivity index (χ1n) is 10.7. The number of methoxy groups -OCH3 is 1. The molecule has 0 bridgehead atoms. The smallest absolute Gasteiger partial charge is 0.305 e. The van der Waals surface area contributed by atoms with Crippen molar-refractivity contribution in [3.63, 3.8) is 0 Å². The van der Waals surface area contributed by atoms with E-state index in [1.807, 2.05) is 6.08 Å². The fraction of sp³-hybridized carbons (Fsp3) is 0.783. The number of aliphatic hydroxyl groups excluding tert-OH is 2. The van der Waals surface area contributed by atoms with Crippen LogP contribution in [0.1, 0.15) is 71.6 Å². The first-order valence-corrected chi connectivity index (χ1v) is 10.7. The summed E-state index contributed by atoms with van der Waals surface area (Å²) < 4.78 is 4.68. The maximum Gasteiger partial charge on any atom is 0.305 e. The number of hydrogen-bond acceptors (Lipinski definition) is 4. The SMILES string of the molecule is CCC[C@H](C)C[C@H](O)/C=C/[C@@H]1[C@H]2CC(CCCCC(=O)OC)=C[C@H]2C[C@H]1O. The minimum absolute atomic E-state index is 0.132. The molecule has 0 unspecified atom stereocenters. The minimum Gasteiger partial charge on any atom is -0.469 e. The van der Waals surface area contributed by atoms with Crippen molar-refractivity contribution in [1.82, 2.24) is 0 Å². The van der Waals surface area contributed by atoms with Gasteiger partial charge in [-0.15, -0.1) is 0 Å². The summed E-state index contributed by atoms with van der Waals surface area (Å²) in [6.07, 6.45) is 14.0. The van der Waals surface area contributed by atoms with Gasteiger partial charge in [-0.2, -0.15) is 0 Å². The quantitative estimate of drug-likeness (QED) is 0.317. The van der Waals surface area contributed by atoms with E-state index in [9.17, 15) is 15.0 Å². The number of ether oxygens (including phenoxy) is 1. The zero-order valence-corrected chi connectivity index (χ0v) is 17.3. The van der Waals surface area contributed by atoms with Crippen molar-refractivity contribution in [2.24, 2.45) is 23.7 Å². The van der Waals surface area contributed by atoms with Crippen LogP contribution in [0.4, 0.5) is 0 Å². The largest absolute Gasteiger partial charge is 0.469 e. The van der Waals surface area contributed by atoms with Gasteiger partial charge in [0.25, 0.3) is 0 Å². The molecule has 6 atom stereocenters. The van der Waals surface area contributed by atoms with E-state index >= 15 is 0 Å². The highest BCUT2D eigenvalue weighted by Crippen LogP contribution is 2.48. The topological polar surface area (TPSA) is 66.8 Å². The fourth-order valence-electron chi connectivity index (χ4n) is 4.87. The van der Waals surface area contributed by atoms with Gasteiger partial charge >= 0.3 is 5.97 Å². The predicted octanol–water partition coefficient (Wildman–Crippen LogP) is 4.41. The molecule has 154 valence electrons. The summed E-state index contributed by atoms with van der Waals surface area (Å²) in [5.41, 5.74) is 1.47. The number of rotatable bonds is 11. The van der Waals surface area contributed by atoms with Crippen molar-refractivity contribution in [1.29, 1.82) is 0 Å². The van der Waals surface area contributed by atoms with Gasteiger partial charge in [0.2, 0.25) is 0 Å². The van der Waals surface area contributed by atoms with Gasteiger partial charge in [-0.1, -0.05) is 50.5 Å². The average Bonchev–Trinajstić information content (AvgIpc) is 3.13. The minimum atomic E-state index is -0.412. The highest BCUT2D eigenvalue weighted by Gasteiger charge is 2.43. The van der Waals surface area contributed by atoms with Crippen LogP contribution >= 0.6 is 0 Å². The zero-order chi connectivity index (χ0) is 19.8. The predicted molar refractivity (Wildman–Crippen MR) is 108 cm³/mol. The number of aliphatic hydroxyl groups is 2. The Morgan fingerprint density at radius 3 is 2.89 bits per heavy atom. The van der Waals surface area contributed by atoms with E-state index in [0.29, 0.717) is 24.2 Å². The molecule has 4 heteroatoms. The Bertz CT molecular complexity index is 524. The van der Waals surface area contributed by atoms with Crippen molar-refractivity contribution in [3.05, 3.63) is 23.8 Å². The second kappa shape index (κ2) is 11.0. The summed E-state index contributed by atoms with van der Waals surface area (Å²) >= 11 is 0. The lowest BCUT2D eigenvalue weighted by molar-refractivity contribution is -0.140. The number of fused-ring (bicyclic) bond motifs is 1. The van der Waals surface area contributed by atoms with Crippen molar-refractivity contribution >= 4 is 5.97 Å². The summed E-state index contributed by atoms with van der Waals surface area (Å²) in [7, 11) is 1.43. The monoisotopic (exact) mass is 378 g/mol. The van der Waals surface area contributed by atoms with Crippen LogP contribution < -0.4 is 0 Å². The van der Waals surface area contributed by atoms with Crippen LogP contribution in [0.3, 0.4) is 0 Å². The molecular weight excluding hydrogens is 340 g/mol. The number of esters is 1. The molecular formula is C23H38O4. The summed E-state index contributed by atoms with van der Waals surface area (Å²) in [6, 6.07) is 0. The standard InChI is InChI=1S/C23H38O4/c1-4-7-16(2)12-19(24)10-11-20-21-14-17(13-18(21)15-22(20)25)8-5-6-9-23(26)27-3/h10-11,13,16,18-22,24-25H,4-9,12,14-15H2,1-3H3/b11-10+/t16-,18-,19+,20+,21-,22+/m0/s1. The molecule has 2 aliphatic rings. The summed E-state index contributed by atoms with van der Waals surface area (Å²) in [5.74, 6) is 1.47. The first kappa shape index (κ1) is 22.2. The van der Waals surface area contributed by atoms with Crippen LogP contribution in [-0.2, 0) is 9.53 Å².